The van der Waals surface area contributed by atoms with Gasteiger partial charge in [0.25, 0.3) is 11.8 Å². The van der Waals surface area contributed by atoms with Crippen molar-refractivity contribution in [1.29, 1.82) is 0 Å². The molecule has 0 spiro atoms. The first kappa shape index (κ1) is 32.5. The van der Waals surface area contributed by atoms with Crippen LogP contribution in [-0.4, -0.2) is 126 Å². The highest BCUT2D eigenvalue weighted by atomic mass is 32.2. The fraction of sp³-hybridized carbons (Fsp3) is 0.533. The number of hydrogen-bond acceptors (Lipinski definition) is 8. The number of carbonyl (C=O) groups is 2. The van der Waals surface area contributed by atoms with Gasteiger partial charge in [0.15, 0.2) is 0 Å². The van der Waals surface area contributed by atoms with Crippen molar-refractivity contribution in [2.75, 3.05) is 66.6 Å². The van der Waals surface area contributed by atoms with E-state index in [1.807, 2.05) is 0 Å². The normalized spacial score (nSPS) is 21.4. The second kappa shape index (κ2) is 13.6. The fourth-order valence-corrected chi connectivity index (χ4v) is 8.13. The molecule has 2 aromatic carbocycles. The molecule has 3 heterocycles. The Labute approximate surface area is 259 Å². The third-order valence-electron chi connectivity index (χ3n) is 8.44. The number of hydrogen-bond donors (Lipinski definition) is 0. The topological polar surface area (TPSA) is 134 Å². The molecule has 2 amide bonds. The van der Waals surface area contributed by atoms with Gasteiger partial charge in [-0.3, -0.25) is 9.59 Å². The smallest absolute Gasteiger partial charge is 0.253 e. The zero-order chi connectivity index (χ0) is 31.5. The van der Waals surface area contributed by atoms with Gasteiger partial charge in [0.05, 0.1) is 22.0 Å². The van der Waals surface area contributed by atoms with Gasteiger partial charge < -0.3 is 19.3 Å². The third kappa shape index (κ3) is 7.16. The Hall–Kier alpha value is -2.88. The molecule has 0 bridgehead atoms. The van der Waals surface area contributed by atoms with E-state index in [0.29, 0.717) is 50.5 Å². The number of likely N-dealkylation sites (N-methyl/N-ethyl adjacent to an activating group) is 2. The first-order valence-corrected chi connectivity index (χ1v) is 17.8. The van der Waals surface area contributed by atoms with Crippen LogP contribution in [0.5, 0.6) is 0 Å². The molecule has 0 N–H and O–H groups in total. The Kier molecular flexibility index (Phi) is 10.1. The second-order valence-electron chi connectivity index (χ2n) is 11.5. The van der Waals surface area contributed by atoms with Crippen molar-refractivity contribution in [3.05, 3.63) is 59.7 Å². The highest BCUT2D eigenvalue weighted by Gasteiger charge is 2.30. The first-order valence-electron chi connectivity index (χ1n) is 14.9. The molecule has 2 aromatic rings. The molecule has 0 radical (unpaired) electrons. The molecule has 3 saturated heterocycles. The van der Waals surface area contributed by atoms with Crippen LogP contribution in [0.4, 0.5) is 0 Å². The van der Waals surface area contributed by atoms with E-state index in [4.69, 9.17) is 9.47 Å². The Morgan fingerprint density at radius 3 is 1.30 bits per heavy atom. The van der Waals surface area contributed by atoms with Gasteiger partial charge in [-0.15, -0.1) is 0 Å². The molecule has 240 valence electrons. The third-order valence-corrected chi connectivity index (χ3v) is 12.1. The van der Waals surface area contributed by atoms with Gasteiger partial charge in [-0.2, -0.15) is 8.61 Å². The van der Waals surface area contributed by atoms with Crippen molar-refractivity contribution in [1.82, 2.24) is 18.4 Å². The monoisotopic (exact) mass is 648 g/mol. The number of ether oxygens (including phenoxy) is 2. The van der Waals surface area contributed by atoms with Gasteiger partial charge in [0.1, 0.15) is 0 Å². The molecule has 0 saturated carbocycles. The lowest BCUT2D eigenvalue weighted by Gasteiger charge is -2.35. The van der Waals surface area contributed by atoms with E-state index < -0.39 is 20.0 Å². The predicted molar refractivity (Wildman–Crippen MR) is 162 cm³/mol. The molecule has 3 fully saturated rings. The summed E-state index contributed by atoms with van der Waals surface area (Å²) in [6, 6.07) is 11.8. The van der Waals surface area contributed by atoms with E-state index in [1.165, 1.54) is 71.2 Å². The predicted octanol–water partition coefficient (Wildman–Crippen LogP) is 1.88. The van der Waals surface area contributed by atoms with Crippen molar-refractivity contribution in [3.63, 3.8) is 0 Å². The highest BCUT2D eigenvalue weighted by molar-refractivity contribution is 7.89. The second-order valence-corrected chi connectivity index (χ2v) is 15.6. The number of benzene rings is 2. The lowest BCUT2D eigenvalue weighted by molar-refractivity contribution is 0.0535. The van der Waals surface area contributed by atoms with Crippen LogP contribution in [0.25, 0.3) is 0 Å². The zero-order valence-electron chi connectivity index (χ0n) is 25.1. The van der Waals surface area contributed by atoms with Crippen LogP contribution >= 0.6 is 0 Å². The van der Waals surface area contributed by atoms with Crippen LogP contribution in [0, 0.1) is 0 Å². The SMILES string of the molecule is CN(CC1CCCO1)S(=O)(=O)c1ccc(C(=O)N2CCN(C(=O)c3ccc(S(=O)(=O)N(C)CC4CCCO4)cc3)CC2)cc1. The summed E-state index contributed by atoms with van der Waals surface area (Å²) < 4.78 is 65.6. The number of nitrogens with zero attached hydrogens (tertiary/aromatic N) is 4. The summed E-state index contributed by atoms with van der Waals surface area (Å²) in [5, 5.41) is 0. The summed E-state index contributed by atoms with van der Waals surface area (Å²) in [4.78, 5) is 29.8. The van der Waals surface area contributed by atoms with Gasteiger partial charge in [-0.1, -0.05) is 0 Å². The summed E-state index contributed by atoms with van der Waals surface area (Å²) in [5.74, 6) is -0.481. The Morgan fingerprint density at radius 2 is 1.00 bits per heavy atom. The molecular weight excluding hydrogens is 608 g/mol. The molecule has 5 rings (SSSR count). The molecule has 44 heavy (non-hydrogen) atoms. The highest BCUT2D eigenvalue weighted by Crippen LogP contribution is 2.22. The minimum atomic E-state index is -3.71. The summed E-state index contributed by atoms with van der Waals surface area (Å²) in [6.07, 6.45) is 3.30. The van der Waals surface area contributed by atoms with E-state index >= 15 is 0 Å². The van der Waals surface area contributed by atoms with E-state index in [2.05, 4.69) is 0 Å². The van der Waals surface area contributed by atoms with Crippen LogP contribution < -0.4 is 0 Å². The van der Waals surface area contributed by atoms with E-state index in [0.717, 1.165) is 25.7 Å². The molecule has 2 unspecified atom stereocenters. The van der Waals surface area contributed by atoms with Crippen LogP contribution in [0.1, 0.15) is 46.4 Å². The van der Waals surface area contributed by atoms with E-state index in [1.54, 1.807) is 9.80 Å². The summed E-state index contributed by atoms with van der Waals surface area (Å²) in [7, 11) is -4.37. The standard InChI is InChI=1S/C30H40N4O8S2/c1-31(21-25-5-3-19-41-25)43(37,38)27-11-7-23(8-12-27)29(35)33-15-17-34(18-16-33)30(36)24-9-13-28(14-10-24)44(39,40)32(2)22-26-6-4-20-42-26/h7-14,25-26H,3-6,15-22H2,1-2H3. The number of rotatable bonds is 10. The molecule has 3 aliphatic rings. The Morgan fingerprint density at radius 1 is 0.659 bits per heavy atom. The molecule has 0 aliphatic carbocycles. The molecule has 12 nitrogen and oxygen atoms in total. The largest absolute Gasteiger partial charge is 0.377 e. The molecule has 0 aromatic heterocycles. The van der Waals surface area contributed by atoms with Gasteiger partial charge in [-0.25, -0.2) is 16.8 Å². The lowest BCUT2D eigenvalue weighted by Crippen LogP contribution is -2.50. The fourth-order valence-electron chi connectivity index (χ4n) is 5.72. The van der Waals surface area contributed by atoms with E-state index in [-0.39, 0.29) is 46.9 Å². The number of piperazine rings is 1. The number of sulfonamides is 2. The summed E-state index contributed by atoms with van der Waals surface area (Å²) in [5.41, 5.74) is 0.735. The summed E-state index contributed by atoms with van der Waals surface area (Å²) in [6.45, 7) is 3.11. The van der Waals surface area contributed by atoms with Crippen LogP contribution in [0.3, 0.4) is 0 Å². The number of amides is 2. The minimum Gasteiger partial charge on any atom is -0.377 e. The van der Waals surface area contributed by atoms with Gasteiger partial charge in [0, 0.05) is 77.7 Å². The van der Waals surface area contributed by atoms with Crippen molar-refractivity contribution < 1.29 is 35.9 Å². The lowest BCUT2D eigenvalue weighted by atomic mass is 10.1. The van der Waals surface area contributed by atoms with E-state index in [9.17, 15) is 26.4 Å². The Bertz CT molecular complexity index is 1410. The summed E-state index contributed by atoms with van der Waals surface area (Å²) >= 11 is 0. The molecule has 3 aliphatic heterocycles. The Balaban J connectivity index is 1.14. The average molecular weight is 649 g/mol. The maximum atomic E-state index is 13.1. The van der Waals surface area contributed by atoms with Crippen molar-refractivity contribution in [3.8, 4) is 0 Å². The molecular formula is C30H40N4O8S2. The molecule has 2 atom stereocenters. The molecule has 14 heteroatoms. The average Bonchev–Trinajstić information content (AvgIpc) is 3.75. The maximum Gasteiger partial charge on any atom is 0.253 e. The van der Waals surface area contributed by atoms with Crippen molar-refractivity contribution in [2.24, 2.45) is 0 Å². The van der Waals surface area contributed by atoms with Gasteiger partial charge in [0.2, 0.25) is 20.0 Å². The quantitative estimate of drug-likeness (QED) is 0.382. The first-order chi connectivity index (χ1) is 21.0. The van der Waals surface area contributed by atoms with Crippen molar-refractivity contribution >= 4 is 31.9 Å². The maximum absolute atomic E-state index is 13.1. The van der Waals surface area contributed by atoms with Crippen LogP contribution in [-0.2, 0) is 29.5 Å². The van der Waals surface area contributed by atoms with Gasteiger partial charge >= 0.3 is 0 Å². The van der Waals surface area contributed by atoms with Gasteiger partial charge in [-0.05, 0) is 74.2 Å². The minimum absolute atomic E-state index is 0.106. The van der Waals surface area contributed by atoms with Crippen molar-refractivity contribution in [2.45, 2.75) is 47.7 Å². The zero-order valence-corrected chi connectivity index (χ0v) is 26.8. The van der Waals surface area contributed by atoms with Crippen LogP contribution in [0.15, 0.2) is 58.3 Å². The van der Waals surface area contributed by atoms with Crippen LogP contribution in [0.2, 0.25) is 0 Å². The number of carbonyl (C=O) groups excluding carboxylic acids is 2.